The van der Waals surface area contributed by atoms with Gasteiger partial charge in [0.05, 0.1) is 11.7 Å². The Bertz CT molecular complexity index is 406. The highest BCUT2D eigenvalue weighted by Gasteiger charge is 2.29. The molecule has 0 amide bonds. The molecule has 0 saturated heterocycles. The molecule has 1 aliphatic rings. The number of carbonyl (C=O) groups is 1. The maximum absolute atomic E-state index is 11.3. The first-order chi connectivity index (χ1) is 7.08. The van der Waals surface area contributed by atoms with Crippen molar-refractivity contribution in [2.45, 2.75) is 26.0 Å². The van der Waals surface area contributed by atoms with Gasteiger partial charge < -0.3 is 10.1 Å². The molecule has 80 valence electrons. The molecule has 1 aromatic carbocycles. The van der Waals surface area contributed by atoms with E-state index in [1.54, 1.807) is 18.2 Å². The lowest BCUT2D eigenvalue weighted by Crippen LogP contribution is -2.43. The van der Waals surface area contributed by atoms with Gasteiger partial charge in [-0.25, -0.2) is 0 Å². The van der Waals surface area contributed by atoms with Gasteiger partial charge in [-0.1, -0.05) is 11.6 Å². The largest absolute Gasteiger partial charge is 0.478 e. The van der Waals surface area contributed by atoms with E-state index in [2.05, 4.69) is 5.32 Å². The lowest BCUT2D eigenvalue weighted by atomic mass is 10.1. The molecule has 15 heavy (non-hydrogen) atoms. The molecule has 1 aromatic rings. The van der Waals surface area contributed by atoms with Gasteiger partial charge in [0.1, 0.15) is 5.75 Å². The molecule has 1 aliphatic heterocycles. The summed E-state index contributed by atoms with van der Waals surface area (Å²) in [5.74, 6) is 0.702. The smallest absolute Gasteiger partial charge is 0.176 e. The van der Waals surface area contributed by atoms with Crippen molar-refractivity contribution in [2.75, 3.05) is 5.32 Å². The molecule has 1 N–H and O–H groups in total. The Labute approximate surface area is 93.4 Å². The van der Waals surface area contributed by atoms with Crippen LogP contribution in [0.2, 0.25) is 5.02 Å². The third kappa shape index (κ3) is 1.92. The molecule has 0 aromatic heterocycles. The maximum Gasteiger partial charge on any atom is 0.176 e. The number of halogens is 1. The van der Waals surface area contributed by atoms with E-state index in [1.165, 1.54) is 6.92 Å². The number of rotatable bonds is 1. The van der Waals surface area contributed by atoms with Gasteiger partial charge in [0.2, 0.25) is 0 Å². The predicted octanol–water partition coefficient (Wildman–Crippen LogP) is 2.49. The fraction of sp³-hybridized carbons (Fsp3) is 0.364. The van der Waals surface area contributed by atoms with Crippen molar-refractivity contribution in [3.63, 3.8) is 0 Å². The van der Waals surface area contributed by atoms with Crippen LogP contribution in [0.25, 0.3) is 0 Å². The van der Waals surface area contributed by atoms with Gasteiger partial charge in [-0.3, -0.25) is 4.79 Å². The van der Waals surface area contributed by atoms with Crippen molar-refractivity contribution in [3.8, 4) is 5.75 Å². The topological polar surface area (TPSA) is 38.3 Å². The number of carbonyl (C=O) groups excluding carboxylic acids is 1. The summed E-state index contributed by atoms with van der Waals surface area (Å²) in [6, 6.07) is 5.28. The van der Waals surface area contributed by atoms with Crippen LogP contribution < -0.4 is 10.1 Å². The predicted molar refractivity (Wildman–Crippen MR) is 59.6 cm³/mol. The van der Waals surface area contributed by atoms with Gasteiger partial charge in [-0.15, -0.1) is 0 Å². The van der Waals surface area contributed by atoms with Crippen molar-refractivity contribution < 1.29 is 9.53 Å². The molecule has 0 saturated carbocycles. The molecule has 2 rings (SSSR count). The summed E-state index contributed by atoms with van der Waals surface area (Å²) in [4.78, 5) is 11.3. The van der Waals surface area contributed by atoms with Crippen LogP contribution in [-0.4, -0.2) is 17.9 Å². The highest BCUT2D eigenvalue weighted by Crippen LogP contribution is 2.33. The van der Waals surface area contributed by atoms with Gasteiger partial charge in [0, 0.05) is 5.02 Å². The summed E-state index contributed by atoms with van der Waals surface area (Å²) in [6.07, 6.45) is -0.418. The number of nitrogens with one attached hydrogen (secondary N) is 1. The zero-order chi connectivity index (χ0) is 11.0. The number of hydrogen-bond donors (Lipinski definition) is 1. The number of ketones is 1. The standard InChI is InChI=1S/C11H12ClNO2/c1-6-11(7(2)14)15-10-4-3-8(12)5-9(10)13-6/h3-6,11,13H,1-2H3. The molecule has 0 fully saturated rings. The van der Waals surface area contributed by atoms with Gasteiger partial charge in [-0.2, -0.15) is 0 Å². The first kappa shape index (κ1) is 10.3. The van der Waals surface area contributed by atoms with Crippen LogP contribution in [-0.2, 0) is 4.79 Å². The summed E-state index contributed by atoms with van der Waals surface area (Å²) in [7, 11) is 0. The van der Waals surface area contributed by atoms with E-state index in [1.807, 2.05) is 6.92 Å². The minimum atomic E-state index is -0.418. The van der Waals surface area contributed by atoms with Crippen LogP contribution in [0.15, 0.2) is 18.2 Å². The molecule has 2 unspecified atom stereocenters. The summed E-state index contributed by atoms with van der Waals surface area (Å²) < 4.78 is 5.59. The average Bonchev–Trinajstić information content (AvgIpc) is 2.15. The number of anilines is 1. The average molecular weight is 226 g/mol. The van der Waals surface area contributed by atoms with Crippen molar-refractivity contribution in [1.29, 1.82) is 0 Å². The monoisotopic (exact) mass is 225 g/mol. The first-order valence-electron chi connectivity index (χ1n) is 4.81. The lowest BCUT2D eigenvalue weighted by Gasteiger charge is -2.31. The van der Waals surface area contributed by atoms with Gasteiger partial charge in [-0.05, 0) is 32.0 Å². The van der Waals surface area contributed by atoms with Gasteiger partial charge in [0.25, 0.3) is 0 Å². The van der Waals surface area contributed by atoms with Crippen LogP contribution in [0.3, 0.4) is 0 Å². The minimum Gasteiger partial charge on any atom is -0.478 e. The fourth-order valence-corrected chi connectivity index (χ4v) is 1.88. The van der Waals surface area contributed by atoms with Gasteiger partial charge >= 0.3 is 0 Å². The SMILES string of the molecule is CC(=O)C1Oc2ccc(Cl)cc2NC1C. The van der Waals surface area contributed by atoms with E-state index >= 15 is 0 Å². The third-order valence-corrected chi connectivity index (χ3v) is 2.67. The number of ether oxygens (including phenoxy) is 1. The summed E-state index contributed by atoms with van der Waals surface area (Å²) >= 11 is 5.86. The minimum absolute atomic E-state index is 0.0237. The van der Waals surface area contributed by atoms with E-state index in [0.717, 1.165) is 5.69 Å². The number of fused-ring (bicyclic) bond motifs is 1. The molecule has 4 heteroatoms. The Morgan fingerprint density at radius 3 is 2.93 bits per heavy atom. The second kappa shape index (κ2) is 3.74. The van der Waals surface area contributed by atoms with Crippen molar-refractivity contribution in [2.24, 2.45) is 0 Å². The zero-order valence-corrected chi connectivity index (χ0v) is 9.34. The lowest BCUT2D eigenvalue weighted by molar-refractivity contribution is -0.124. The maximum atomic E-state index is 11.3. The fourth-order valence-electron chi connectivity index (χ4n) is 1.71. The number of hydrogen-bond acceptors (Lipinski definition) is 3. The quantitative estimate of drug-likeness (QED) is 0.798. The van der Waals surface area contributed by atoms with Gasteiger partial charge in [0.15, 0.2) is 11.9 Å². The van der Waals surface area contributed by atoms with Crippen LogP contribution in [0.4, 0.5) is 5.69 Å². The van der Waals surface area contributed by atoms with E-state index in [-0.39, 0.29) is 11.8 Å². The number of benzene rings is 1. The van der Waals surface area contributed by atoms with Crippen LogP contribution in [0.5, 0.6) is 5.75 Å². The van der Waals surface area contributed by atoms with Crippen LogP contribution in [0.1, 0.15) is 13.8 Å². The highest BCUT2D eigenvalue weighted by molar-refractivity contribution is 6.30. The van der Waals surface area contributed by atoms with E-state index < -0.39 is 6.10 Å². The second-order valence-corrected chi connectivity index (χ2v) is 4.16. The van der Waals surface area contributed by atoms with Crippen molar-refractivity contribution >= 4 is 23.1 Å². The Morgan fingerprint density at radius 2 is 2.27 bits per heavy atom. The van der Waals surface area contributed by atoms with E-state index in [4.69, 9.17) is 16.3 Å². The number of Topliss-reactive ketones (excluding diaryl/α,β-unsaturated/α-hetero) is 1. The van der Waals surface area contributed by atoms with Crippen LogP contribution in [0, 0.1) is 0 Å². The third-order valence-electron chi connectivity index (χ3n) is 2.43. The molecule has 1 heterocycles. The molecule has 0 aliphatic carbocycles. The zero-order valence-electron chi connectivity index (χ0n) is 8.58. The second-order valence-electron chi connectivity index (χ2n) is 3.72. The Balaban J connectivity index is 2.33. The molecular formula is C11H12ClNO2. The highest BCUT2D eigenvalue weighted by atomic mass is 35.5. The van der Waals surface area contributed by atoms with E-state index in [0.29, 0.717) is 10.8 Å². The van der Waals surface area contributed by atoms with Crippen LogP contribution >= 0.6 is 11.6 Å². The Hall–Kier alpha value is -1.22. The first-order valence-corrected chi connectivity index (χ1v) is 5.19. The summed E-state index contributed by atoms with van der Waals surface area (Å²) in [6.45, 7) is 3.44. The normalized spacial score (nSPS) is 23.7. The van der Waals surface area contributed by atoms with Crippen molar-refractivity contribution in [1.82, 2.24) is 0 Å². The molecule has 0 bridgehead atoms. The molecular weight excluding hydrogens is 214 g/mol. The molecule has 2 atom stereocenters. The van der Waals surface area contributed by atoms with Crippen molar-refractivity contribution in [3.05, 3.63) is 23.2 Å². The summed E-state index contributed by atoms with van der Waals surface area (Å²) in [5.41, 5.74) is 0.840. The Kier molecular flexibility index (Phi) is 2.57. The summed E-state index contributed by atoms with van der Waals surface area (Å²) in [5, 5.41) is 3.85. The van der Waals surface area contributed by atoms with E-state index in [9.17, 15) is 4.79 Å². The molecule has 0 spiro atoms. The molecule has 3 nitrogen and oxygen atoms in total. The Morgan fingerprint density at radius 1 is 1.53 bits per heavy atom. The molecule has 0 radical (unpaired) electrons.